The fourth-order valence-corrected chi connectivity index (χ4v) is 4.79. The Kier molecular flexibility index (Phi) is 5.57. The minimum absolute atomic E-state index is 0.00619. The van der Waals surface area contributed by atoms with Crippen molar-refractivity contribution in [2.24, 2.45) is 0 Å². The standard InChI is InChI=1S/C21H30N2O3/c24-20-14-25-15-21(23-20)11-4-12-22-19(21)13-26-18-9-7-17(8-10-18)16-5-2-1-3-6-16/h1-3,5-6,17-19,22H,4,7-15H2,(H,23,24)/t17-,18+,19?,21?. The number of nitrogens with one attached hydrogen (secondary N) is 2. The topological polar surface area (TPSA) is 59.6 Å². The van der Waals surface area contributed by atoms with Crippen LogP contribution in [0.25, 0.3) is 0 Å². The number of hydrogen-bond donors (Lipinski definition) is 2. The SMILES string of the molecule is O=C1COCC2(CCCNC2CO[C@H]2CC[C@@H](c3ccccc3)CC2)N1. The summed E-state index contributed by atoms with van der Waals surface area (Å²) < 4.78 is 11.9. The lowest BCUT2D eigenvalue weighted by molar-refractivity contribution is -0.139. The first-order valence-corrected chi connectivity index (χ1v) is 10.0. The van der Waals surface area contributed by atoms with Crippen LogP contribution in [-0.2, 0) is 14.3 Å². The number of hydrogen-bond acceptors (Lipinski definition) is 4. The Morgan fingerprint density at radius 2 is 1.96 bits per heavy atom. The van der Waals surface area contributed by atoms with Crippen LogP contribution in [0.4, 0.5) is 0 Å². The van der Waals surface area contributed by atoms with E-state index in [1.807, 2.05) is 0 Å². The van der Waals surface area contributed by atoms with Crippen molar-refractivity contribution in [2.75, 3.05) is 26.4 Å². The highest BCUT2D eigenvalue weighted by molar-refractivity contribution is 5.79. The highest BCUT2D eigenvalue weighted by Crippen LogP contribution is 2.34. The molecule has 0 aromatic heterocycles. The predicted octanol–water partition coefficient (Wildman–Crippen LogP) is 2.37. The van der Waals surface area contributed by atoms with Gasteiger partial charge >= 0.3 is 0 Å². The fraction of sp³-hybridized carbons (Fsp3) is 0.667. The summed E-state index contributed by atoms with van der Waals surface area (Å²) >= 11 is 0. The van der Waals surface area contributed by atoms with Gasteiger partial charge < -0.3 is 20.1 Å². The zero-order chi connectivity index (χ0) is 17.8. The van der Waals surface area contributed by atoms with Crippen molar-refractivity contribution in [3.63, 3.8) is 0 Å². The Morgan fingerprint density at radius 3 is 2.73 bits per heavy atom. The van der Waals surface area contributed by atoms with Gasteiger partial charge in [0.2, 0.25) is 5.91 Å². The number of morpholine rings is 1. The van der Waals surface area contributed by atoms with Gasteiger partial charge in [-0.2, -0.15) is 0 Å². The molecule has 2 N–H and O–H groups in total. The highest BCUT2D eigenvalue weighted by Gasteiger charge is 2.44. The minimum Gasteiger partial charge on any atom is -0.377 e. The summed E-state index contributed by atoms with van der Waals surface area (Å²) in [7, 11) is 0. The molecule has 1 aromatic rings. The first-order chi connectivity index (χ1) is 12.8. The molecule has 2 saturated heterocycles. The molecule has 3 aliphatic rings. The predicted molar refractivity (Wildman–Crippen MR) is 100 cm³/mol. The minimum atomic E-state index is -0.297. The van der Waals surface area contributed by atoms with Crippen molar-refractivity contribution in [1.82, 2.24) is 10.6 Å². The van der Waals surface area contributed by atoms with E-state index in [0.29, 0.717) is 25.2 Å². The van der Waals surface area contributed by atoms with Gasteiger partial charge in [-0.3, -0.25) is 4.79 Å². The van der Waals surface area contributed by atoms with Crippen LogP contribution in [0.2, 0.25) is 0 Å². The molecule has 1 amide bonds. The lowest BCUT2D eigenvalue weighted by Crippen LogP contribution is -2.70. The van der Waals surface area contributed by atoms with E-state index in [0.717, 1.165) is 32.2 Å². The molecule has 2 aliphatic heterocycles. The molecule has 5 heteroatoms. The smallest absolute Gasteiger partial charge is 0.246 e. The fourth-order valence-electron chi connectivity index (χ4n) is 4.79. The highest BCUT2D eigenvalue weighted by atomic mass is 16.5. The Morgan fingerprint density at radius 1 is 1.15 bits per heavy atom. The monoisotopic (exact) mass is 358 g/mol. The lowest BCUT2D eigenvalue weighted by Gasteiger charge is -2.47. The lowest BCUT2D eigenvalue weighted by atomic mass is 9.81. The average Bonchev–Trinajstić information content (AvgIpc) is 2.68. The van der Waals surface area contributed by atoms with Crippen molar-refractivity contribution in [1.29, 1.82) is 0 Å². The molecule has 1 saturated carbocycles. The van der Waals surface area contributed by atoms with Gasteiger partial charge in [0.05, 0.1) is 30.9 Å². The van der Waals surface area contributed by atoms with Gasteiger partial charge in [0.25, 0.3) is 0 Å². The zero-order valence-corrected chi connectivity index (χ0v) is 15.4. The Labute approximate surface area is 155 Å². The average molecular weight is 358 g/mol. The normalized spacial score (nSPS) is 35.2. The van der Waals surface area contributed by atoms with E-state index in [1.54, 1.807) is 0 Å². The maximum absolute atomic E-state index is 11.9. The van der Waals surface area contributed by atoms with E-state index >= 15 is 0 Å². The summed E-state index contributed by atoms with van der Waals surface area (Å²) in [6.07, 6.45) is 6.96. The van der Waals surface area contributed by atoms with Crippen molar-refractivity contribution < 1.29 is 14.3 Å². The second-order valence-corrected chi connectivity index (χ2v) is 8.03. The van der Waals surface area contributed by atoms with Crippen LogP contribution >= 0.6 is 0 Å². The second-order valence-electron chi connectivity index (χ2n) is 8.03. The molecule has 5 nitrogen and oxygen atoms in total. The largest absolute Gasteiger partial charge is 0.377 e. The number of piperidine rings is 1. The molecule has 2 atom stereocenters. The molecule has 26 heavy (non-hydrogen) atoms. The van der Waals surface area contributed by atoms with Crippen molar-refractivity contribution >= 4 is 5.91 Å². The van der Waals surface area contributed by atoms with Gasteiger partial charge in [-0.15, -0.1) is 0 Å². The van der Waals surface area contributed by atoms with Crippen LogP contribution < -0.4 is 10.6 Å². The number of amides is 1. The maximum Gasteiger partial charge on any atom is 0.246 e. The molecular weight excluding hydrogens is 328 g/mol. The third-order valence-corrected chi connectivity index (χ3v) is 6.28. The van der Waals surface area contributed by atoms with Gasteiger partial charge in [0.1, 0.15) is 6.61 Å². The van der Waals surface area contributed by atoms with Gasteiger partial charge in [-0.05, 0) is 56.6 Å². The Bertz CT molecular complexity index is 597. The summed E-state index contributed by atoms with van der Waals surface area (Å²) in [5.41, 5.74) is 1.16. The molecule has 1 aromatic carbocycles. The summed E-state index contributed by atoms with van der Waals surface area (Å²) in [6, 6.07) is 11.0. The Hall–Kier alpha value is -1.43. The number of benzene rings is 1. The van der Waals surface area contributed by atoms with Crippen molar-refractivity contribution in [3.8, 4) is 0 Å². The molecule has 0 radical (unpaired) electrons. The van der Waals surface area contributed by atoms with Crippen LogP contribution in [0.15, 0.2) is 30.3 Å². The van der Waals surface area contributed by atoms with E-state index in [1.165, 1.54) is 18.4 Å². The van der Waals surface area contributed by atoms with E-state index < -0.39 is 0 Å². The molecular formula is C21H30N2O3. The third kappa shape index (κ3) is 3.95. The summed E-state index contributed by atoms with van der Waals surface area (Å²) in [4.78, 5) is 11.9. The van der Waals surface area contributed by atoms with Crippen LogP contribution in [0.1, 0.15) is 50.0 Å². The molecule has 142 valence electrons. The Balaban J connectivity index is 1.29. The van der Waals surface area contributed by atoms with Gasteiger partial charge in [-0.25, -0.2) is 0 Å². The van der Waals surface area contributed by atoms with Crippen molar-refractivity contribution in [2.45, 2.75) is 62.1 Å². The number of carbonyl (C=O) groups is 1. The van der Waals surface area contributed by atoms with E-state index in [9.17, 15) is 4.79 Å². The molecule has 1 spiro atoms. The van der Waals surface area contributed by atoms with Crippen LogP contribution in [0.5, 0.6) is 0 Å². The zero-order valence-electron chi connectivity index (χ0n) is 15.4. The van der Waals surface area contributed by atoms with Gasteiger partial charge in [0.15, 0.2) is 0 Å². The van der Waals surface area contributed by atoms with Crippen LogP contribution in [0, 0.1) is 0 Å². The quantitative estimate of drug-likeness (QED) is 0.868. The van der Waals surface area contributed by atoms with Gasteiger partial charge in [0, 0.05) is 0 Å². The molecule has 3 fully saturated rings. The molecule has 1 aliphatic carbocycles. The van der Waals surface area contributed by atoms with Crippen LogP contribution in [-0.4, -0.2) is 50.0 Å². The van der Waals surface area contributed by atoms with E-state index in [4.69, 9.17) is 9.47 Å². The molecule has 4 rings (SSSR count). The molecule has 0 bridgehead atoms. The van der Waals surface area contributed by atoms with E-state index in [-0.39, 0.29) is 24.1 Å². The molecule has 2 heterocycles. The maximum atomic E-state index is 11.9. The first-order valence-electron chi connectivity index (χ1n) is 10.0. The summed E-state index contributed by atoms with van der Waals surface area (Å²) in [5.74, 6) is 0.662. The van der Waals surface area contributed by atoms with Crippen LogP contribution in [0.3, 0.4) is 0 Å². The summed E-state index contributed by atoms with van der Waals surface area (Å²) in [6.45, 7) is 2.38. The number of rotatable bonds is 4. The first kappa shape index (κ1) is 18.0. The van der Waals surface area contributed by atoms with Crippen molar-refractivity contribution in [3.05, 3.63) is 35.9 Å². The second kappa shape index (κ2) is 8.07. The summed E-state index contributed by atoms with van der Waals surface area (Å²) in [5, 5.41) is 6.75. The number of carbonyl (C=O) groups excluding carboxylic acids is 1. The molecule has 2 unspecified atom stereocenters. The van der Waals surface area contributed by atoms with E-state index in [2.05, 4.69) is 41.0 Å². The van der Waals surface area contributed by atoms with Gasteiger partial charge in [-0.1, -0.05) is 30.3 Å². The third-order valence-electron chi connectivity index (χ3n) is 6.28. The number of ether oxygens (including phenoxy) is 2.